The second-order valence-electron chi connectivity index (χ2n) is 5.30. The van der Waals surface area contributed by atoms with Gasteiger partial charge in [0.15, 0.2) is 0 Å². The van der Waals surface area contributed by atoms with Gasteiger partial charge in [0.25, 0.3) is 0 Å². The Hall–Kier alpha value is -2.41. The Morgan fingerprint density at radius 3 is 2.38 bits per heavy atom. The molecule has 104 valence electrons. The maximum absolute atomic E-state index is 4.67. The van der Waals surface area contributed by atoms with Crippen LogP contribution in [-0.4, -0.2) is 6.21 Å². The maximum Gasteiger partial charge on any atom is 0.0717 e. The van der Waals surface area contributed by atoms with Crippen molar-refractivity contribution in [2.45, 2.75) is 19.4 Å². The number of fused-ring (bicyclic) bond motifs is 1. The predicted molar refractivity (Wildman–Crippen MR) is 91.0 cm³/mol. The monoisotopic (exact) mass is 273 g/mol. The van der Waals surface area contributed by atoms with Crippen LogP contribution in [0.15, 0.2) is 77.8 Å². The zero-order chi connectivity index (χ0) is 14.5. The van der Waals surface area contributed by atoms with E-state index in [4.69, 9.17) is 0 Å². The van der Waals surface area contributed by atoms with Crippen molar-refractivity contribution in [2.75, 3.05) is 0 Å². The molecule has 1 heteroatoms. The van der Waals surface area contributed by atoms with Gasteiger partial charge in [-0.25, -0.2) is 0 Å². The number of benzene rings is 3. The summed E-state index contributed by atoms with van der Waals surface area (Å²) in [6, 6.07) is 25.7. The minimum Gasteiger partial charge on any atom is -0.289 e. The summed E-state index contributed by atoms with van der Waals surface area (Å²) in [7, 11) is 0. The Morgan fingerprint density at radius 1 is 0.857 bits per heavy atom. The standard InChI is InChI=1S/C20H19N/c1-16(21-14-13-17-7-3-2-4-8-17)19-12-11-18-9-5-6-10-20(18)15-19/h2-12,14-16H,13H2,1H3. The third-order valence-corrected chi connectivity index (χ3v) is 3.75. The van der Waals surface area contributed by atoms with Gasteiger partial charge in [-0.05, 0) is 34.9 Å². The number of hydrogen-bond donors (Lipinski definition) is 0. The summed E-state index contributed by atoms with van der Waals surface area (Å²) in [5.41, 5.74) is 2.56. The SMILES string of the molecule is CC(N=CCc1ccccc1)c1ccc2ccccc2c1. The van der Waals surface area contributed by atoms with Crippen LogP contribution in [0.2, 0.25) is 0 Å². The van der Waals surface area contributed by atoms with Crippen molar-refractivity contribution in [3.63, 3.8) is 0 Å². The highest BCUT2D eigenvalue weighted by molar-refractivity contribution is 5.83. The molecule has 3 aromatic rings. The van der Waals surface area contributed by atoms with Crippen LogP contribution in [0.4, 0.5) is 0 Å². The van der Waals surface area contributed by atoms with Crippen LogP contribution < -0.4 is 0 Å². The van der Waals surface area contributed by atoms with Crippen molar-refractivity contribution < 1.29 is 0 Å². The summed E-state index contributed by atoms with van der Waals surface area (Å²) >= 11 is 0. The minimum atomic E-state index is 0.193. The molecule has 0 aliphatic rings. The van der Waals surface area contributed by atoms with Gasteiger partial charge in [-0.2, -0.15) is 0 Å². The summed E-state index contributed by atoms with van der Waals surface area (Å²) in [5.74, 6) is 0. The highest BCUT2D eigenvalue weighted by Gasteiger charge is 2.03. The lowest BCUT2D eigenvalue weighted by Crippen LogP contribution is -1.92. The highest BCUT2D eigenvalue weighted by atomic mass is 14.8. The van der Waals surface area contributed by atoms with E-state index in [0.717, 1.165) is 6.42 Å². The molecule has 0 bridgehead atoms. The topological polar surface area (TPSA) is 12.4 Å². The van der Waals surface area contributed by atoms with E-state index in [9.17, 15) is 0 Å². The normalized spacial score (nSPS) is 12.8. The van der Waals surface area contributed by atoms with Gasteiger partial charge in [0.2, 0.25) is 0 Å². The molecule has 0 aliphatic carbocycles. The van der Waals surface area contributed by atoms with Crippen LogP contribution in [-0.2, 0) is 6.42 Å². The quantitative estimate of drug-likeness (QED) is 0.578. The van der Waals surface area contributed by atoms with Crippen molar-refractivity contribution in [1.29, 1.82) is 0 Å². The van der Waals surface area contributed by atoms with Gasteiger partial charge < -0.3 is 0 Å². The van der Waals surface area contributed by atoms with E-state index in [1.165, 1.54) is 21.9 Å². The Labute approximate surface area is 126 Å². The van der Waals surface area contributed by atoms with Crippen LogP contribution in [0.25, 0.3) is 10.8 Å². The molecular formula is C20H19N. The summed E-state index contributed by atoms with van der Waals surface area (Å²) in [6.07, 6.45) is 2.91. The summed E-state index contributed by atoms with van der Waals surface area (Å²) in [4.78, 5) is 4.67. The first-order valence-corrected chi connectivity index (χ1v) is 7.37. The second-order valence-corrected chi connectivity index (χ2v) is 5.30. The van der Waals surface area contributed by atoms with Gasteiger partial charge in [0.05, 0.1) is 6.04 Å². The Kier molecular flexibility index (Phi) is 4.11. The van der Waals surface area contributed by atoms with E-state index >= 15 is 0 Å². The molecule has 3 rings (SSSR count). The van der Waals surface area contributed by atoms with Gasteiger partial charge in [-0.3, -0.25) is 4.99 Å². The van der Waals surface area contributed by atoms with Gasteiger partial charge in [0, 0.05) is 12.6 Å². The molecule has 0 aromatic heterocycles. The molecule has 0 N–H and O–H groups in total. The molecule has 21 heavy (non-hydrogen) atoms. The molecule has 0 aliphatic heterocycles. The average Bonchev–Trinajstić information content (AvgIpc) is 2.55. The molecule has 3 aromatic carbocycles. The molecular weight excluding hydrogens is 254 g/mol. The van der Waals surface area contributed by atoms with E-state index in [0.29, 0.717) is 0 Å². The largest absolute Gasteiger partial charge is 0.289 e. The molecule has 0 heterocycles. The van der Waals surface area contributed by atoms with Crippen molar-refractivity contribution >= 4 is 17.0 Å². The van der Waals surface area contributed by atoms with Crippen molar-refractivity contribution in [3.8, 4) is 0 Å². The summed E-state index contributed by atoms with van der Waals surface area (Å²) < 4.78 is 0. The Morgan fingerprint density at radius 2 is 1.57 bits per heavy atom. The first kappa shape index (κ1) is 13.6. The van der Waals surface area contributed by atoms with E-state index in [2.05, 4.69) is 78.6 Å². The molecule has 0 saturated heterocycles. The van der Waals surface area contributed by atoms with Crippen LogP contribution in [0.1, 0.15) is 24.1 Å². The molecule has 0 saturated carbocycles. The predicted octanol–water partition coefficient (Wildman–Crippen LogP) is 5.21. The van der Waals surface area contributed by atoms with Crippen molar-refractivity contribution in [2.24, 2.45) is 4.99 Å². The first-order chi connectivity index (χ1) is 10.3. The van der Waals surface area contributed by atoms with Gasteiger partial charge in [0.1, 0.15) is 0 Å². The second kappa shape index (κ2) is 6.36. The molecule has 0 spiro atoms. The van der Waals surface area contributed by atoms with Crippen molar-refractivity contribution in [3.05, 3.63) is 83.9 Å². The summed E-state index contributed by atoms with van der Waals surface area (Å²) in [5, 5.41) is 2.56. The molecule has 0 fully saturated rings. The average molecular weight is 273 g/mol. The number of hydrogen-bond acceptors (Lipinski definition) is 1. The van der Waals surface area contributed by atoms with E-state index in [1.807, 2.05) is 12.3 Å². The van der Waals surface area contributed by atoms with Gasteiger partial charge in [-0.1, -0.05) is 66.7 Å². The van der Waals surface area contributed by atoms with Gasteiger partial charge >= 0.3 is 0 Å². The number of nitrogens with zero attached hydrogens (tertiary/aromatic N) is 1. The maximum atomic E-state index is 4.67. The fraction of sp³-hybridized carbons (Fsp3) is 0.150. The molecule has 1 unspecified atom stereocenters. The lowest BCUT2D eigenvalue weighted by Gasteiger charge is -2.08. The number of aliphatic imine (C=N–C) groups is 1. The first-order valence-electron chi connectivity index (χ1n) is 7.37. The minimum absolute atomic E-state index is 0.193. The van der Waals surface area contributed by atoms with E-state index < -0.39 is 0 Å². The Balaban J connectivity index is 1.73. The summed E-state index contributed by atoms with van der Waals surface area (Å²) in [6.45, 7) is 2.14. The lowest BCUT2D eigenvalue weighted by molar-refractivity contribution is 0.824. The van der Waals surface area contributed by atoms with Crippen LogP contribution in [0, 0.1) is 0 Å². The van der Waals surface area contributed by atoms with E-state index in [-0.39, 0.29) is 6.04 Å². The van der Waals surface area contributed by atoms with Crippen LogP contribution >= 0.6 is 0 Å². The molecule has 0 radical (unpaired) electrons. The third-order valence-electron chi connectivity index (χ3n) is 3.75. The van der Waals surface area contributed by atoms with Crippen LogP contribution in [0.3, 0.4) is 0 Å². The fourth-order valence-corrected chi connectivity index (χ4v) is 2.48. The molecule has 0 amide bonds. The fourth-order valence-electron chi connectivity index (χ4n) is 2.48. The van der Waals surface area contributed by atoms with E-state index in [1.54, 1.807) is 0 Å². The van der Waals surface area contributed by atoms with Crippen LogP contribution in [0.5, 0.6) is 0 Å². The zero-order valence-corrected chi connectivity index (χ0v) is 12.2. The smallest absolute Gasteiger partial charge is 0.0717 e. The Bertz CT molecular complexity index is 744. The molecule has 1 atom stereocenters. The zero-order valence-electron chi connectivity index (χ0n) is 12.2. The number of rotatable bonds is 4. The lowest BCUT2D eigenvalue weighted by atomic mass is 10.0. The molecule has 1 nitrogen and oxygen atoms in total. The van der Waals surface area contributed by atoms with Crippen molar-refractivity contribution in [1.82, 2.24) is 0 Å². The highest BCUT2D eigenvalue weighted by Crippen LogP contribution is 2.22. The van der Waals surface area contributed by atoms with Gasteiger partial charge in [-0.15, -0.1) is 0 Å². The third kappa shape index (κ3) is 3.38.